The molecule has 3 aromatic carbocycles. The average molecular weight is 539 g/mol. The van der Waals surface area contributed by atoms with E-state index in [2.05, 4.69) is 68.7 Å². The first-order chi connectivity index (χ1) is 19.7. The van der Waals surface area contributed by atoms with Crippen molar-refractivity contribution in [1.82, 2.24) is 19.7 Å². The third-order valence-corrected chi connectivity index (χ3v) is 8.38. The number of rotatable bonds is 8. The van der Waals surface area contributed by atoms with Gasteiger partial charge < -0.3 is 19.9 Å². The van der Waals surface area contributed by atoms with Crippen LogP contribution in [0.3, 0.4) is 0 Å². The van der Waals surface area contributed by atoms with Crippen LogP contribution in [0.15, 0.2) is 90.0 Å². The lowest BCUT2D eigenvalue weighted by Crippen LogP contribution is -2.46. The van der Waals surface area contributed by atoms with E-state index < -0.39 is 0 Å². The minimum Gasteiger partial charge on any atom is -0.497 e. The number of piperazine rings is 1. The van der Waals surface area contributed by atoms with Crippen molar-refractivity contribution in [3.05, 3.63) is 101 Å². The molecule has 0 spiro atoms. The molecule has 208 valence electrons. The smallest absolute Gasteiger partial charge is 0.350 e. The second kappa shape index (κ2) is 12.0. The zero-order valence-electron chi connectivity index (χ0n) is 23.2. The van der Waals surface area contributed by atoms with Gasteiger partial charge in [-0.1, -0.05) is 30.3 Å². The molecule has 8 heteroatoms. The number of hydrogen-bond acceptors (Lipinski definition) is 6. The van der Waals surface area contributed by atoms with Crippen LogP contribution in [0.2, 0.25) is 0 Å². The van der Waals surface area contributed by atoms with Crippen LogP contribution in [0.5, 0.6) is 5.75 Å². The molecule has 2 heterocycles. The average Bonchev–Trinajstić information content (AvgIpc) is 3.42. The van der Waals surface area contributed by atoms with E-state index in [1.54, 1.807) is 22.7 Å². The molecule has 1 saturated carbocycles. The van der Waals surface area contributed by atoms with Crippen molar-refractivity contribution in [2.45, 2.75) is 44.3 Å². The van der Waals surface area contributed by atoms with Crippen LogP contribution in [0, 0.1) is 0 Å². The number of methoxy groups -OCH3 is 1. The number of anilines is 2. The van der Waals surface area contributed by atoms with Gasteiger partial charge in [0.2, 0.25) is 0 Å². The van der Waals surface area contributed by atoms with Gasteiger partial charge in [0.15, 0.2) is 0 Å². The van der Waals surface area contributed by atoms with Crippen molar-refractivity contribution in [3.8, 4) is 11.4 Å². The molecule has 2 aliphatic rings. The zero-order valence-corrected chi connectivity index (χ0v) is 23.2. The van der Waals surface area contributed by atoms with Gasteiger partial charge in [-0.3, -0.25) is 0 Å². The summed E-state index contributed by atoms with van der Waals surface area (Å²) < 4.78 is 8.65. The standard InChI is InChI=1S/C32H38N6O2/c1-40-31-17-15-28(16-18-31)36-21-19-35(20-22-36)27-11-13-29(14-12-27)37-24-34-38(32(37)39)30-9-7-26(8-10-30)33-23-25-5-3-2-4-6-25/h2-6,11-18,24,26,30,33H,7-10,19-23H2,1H3. The highest BCUT2D eigenvalue weighted by molar-refractivity contribution is 5.54. The predicted molar refractivity (Wildman–Crippen MR) is 160 cm³/mol. The van der Waals surface area contributed by atoms with Gasteiger partial charge in [-0.15, -0.1) is 0 Å². The van der Waals surface area contributed by atoms with Crippen LogP contribution in [-0.2, 0) is 6.54 Å². The number of ether oxygens (including phenoxy) is 1. The van der Waals surface area contributed by atoms with Gasteiger partial charge in [0.1, 0.15) is 12.1 Å². The number of nitrogens with one attached hydrogen (secondary N) is 1. The lowest BCUT2D eigenvalue weighted by molar-refractivity contribution is 0.270. The summed E-state index contributed by atoms with van der Waals surface area (Å²) in [4.78, 5) is 18.1. The fraction of sp³-hybridized carbons (Fsp3) is 0.375. The van der Waals surface area contributed by atoms with E-state index in [0.29, 0.717) is 6.04 Å². The van der Waals surface area contributed by atoms with E-state index in [9.17, 15) is 4.79 Å². The Labute approximate surface area is 235 Å². The van der Waals surface area contributed by atoms with Crippen LogP contribution in [0.25, 0.3) is 5.69 Å². The van der Waals surface area contributed by atoms with Crippen molar-refractivity contribution < 1.29 is 4.74 Å². The Morgan fingerprint density at radius 1 is 0.775 bits per heavy atom. The van der Waals surface area contributed by atoms with Crippen molar-refractivity contribution in [2.24, 2.45) is 0 Å². The SMILES string of the molecule is COc1ccc(N2CCN(c3ccc(-n4cnn(C5CCC(NCc6ccccc6)CC5)c4=O)cc3)CC2)cc1. The molecule has 1 N–H and O–H groups in total. The Balaban J connectivity index is 1.03. The predicted octanol–water partition coefficient (Wildman–Crippen LogP) is 4.64. The first-order valence-corrected chi connectivity index (χ1v) is 14.4. The molecule has 1 saturated heterocycles. The molecule has 1 aromatic heterocycles. The third kappa shape index (κ3) is 5.77. The Kier molecular flexibility index (Phi) is 7.86. The molecule has 8 nitrogen and oxygen atoms in total. The van der Waals surface area contributed by atoms with E-state index >= 15 is 0 Å². The lowest BCUT2D eigenvalue weighted by atomic mass is 9.91. The third-order valence-electron chi connectivity index (χ3n) is 8.38. The van der Waals surface area contributed by atoms with Gasteiger partial charge in [0.25, 0.3) is 0 Å². The summed E-state index contributed by atoms with van der Waals surface area (Å²) in [6.45, 7) is 4.71. The first-order valence-electron chi connectivity index (χ1n) is 14.4. The number of hydrogen-bond donors (Lipinski definition) is 1. The van der Waals surface area contributed by atoms with Crippen molar-refractivity contribution in [3.63, 3.8) is 0 Å². The normalized spacial score (nSPS) is 19.5. The maximum absolute atomic E-state index is 13.3. The van der Waals surface area contributed by atoms with E-state index in [1.165, 1.54) is 16.9 Å². The minimum atomic E-state index is -0.0541. The molecule has 0 atom stereocenters. The number of aromatic nitrogens is 3. The molecule has 0 bridgehead atoms. The first kappa shape index (κ1) is 26.2. The molecule has 6 rings (SSSR count). The van der Waals surface area contributed by atoms with Crippen LogP contribution < -0.4 is 25.5 Å². The topological polar surface area (TPSA) is 67.6 Å². The summed E-state index contributed by atoms with van der Waals surface area (Å²) in [6.07, 6.45) is 5.70. The second-order valence-electron chi connectivity index (χ2n) is 10.8. The molecule has 2 fully saturated rings. The fourth-order valence-corrected chi connectivity index (χ4v) is 5.97. The number of nitrogens with zero attached hydrogens (tertiary/aromatic N) is 5. The zero-order chi connectivity index (χ0) is 27.3. The fourth-order valence-electron chi connectivity index (χ4n) is 5.97. The maximum Gasteiger partial charge on any atom is 0.350 e. The Hall–Kier alpha value is -4.04. The Morgan fingerprint density at radius 2 is 1.35 bits per heavy atom. The van der Waals surface area contributed by atoms with Crippen LogP contribution in [0.1, 0.15) is 37.3 Å². The Morgan fingerprint density at radius 3 is 1.95 bits per heavy atom. The highest BCUT2D eigenvalue weighted by Crippen LogP contribution is 2.28. The largest absolute Gasteiger partial charge is 0.497 e. The van der Waals surface area contributed by atoms with Gasteiger partial charge in [-0.2, -0.15) is 5.10 Å². The van der Waals surface area contributed by atoms with Gasteiger partial charge in [0.05, 0.1) is 18.8 Å². The van der Waals surface area contributed by atoms with Gasteiger partial charge >= 0.3 is 5.69 Å². The van der Waals surface area contributed by atoms with Gasteiger partial charge in [-0.25, -0.2) is 14.0 Å². The van der Waals surface area contributed by atoms with Crippen LogP contribution >= 0.6 is 0 Å². The summed E-state index contributed by atoms with van der Waals surface area (Å²) >= 11 is 0. The molecule has 0 unspecified atom stereocenters. The van der Waals surface area contributed by atoms with Crippen LogP contribution in [0.4, 0.5) is 11.4 Å². The lowest BCUT2D eigenvalue weighted by Gasteiger charge is -2.37. The van der Waals surface area contributed by atoms with E-state index in [-0.39, 0.29) is 11.7 Å². The van der Waals surface area contributed by atoms with Crippen molar-refractivity contribution in [2.75, 3.05) is 43.1 Å². The summed E-state index contributed by atoms with van der Waals surface area (Å²) in [7, 11) is 1.69. The molecular weight excluding hydrogens is 500 g/mol. The van der Waals surface area contributed by atoms with Gasteiger partial charge in [-0.05, 0) is 79.8 Å². The Bertz CT molecular complexity index is 1420. The summed E-state index contributed by atoms with van der Waals surface area (Å²) in [5.41, 5.74) is 4.52. The second-order valence-corrected chi connectivity index (χ2v) is 10.8. The molecule has 0 amide bonds. The van der Waals surface area contributed by atoms with Crippen molar-refractivity contribution in [1.29, 1.82) is 0 Å². The summed E-state index contributed by atoms with van der Waals surface area (Å²) in [6, 6.07) is 27.7. The molecule has 0 radical (unpaired) electrons. The molecule has 1 aliphatic heterocycles. The maximum atomic E-state index is 13.3. The van der Waals surface area contributed by atoms with E-state index in [4.69, 9.17) is 4.74 Å². The summed E-state index contributed by atoms with van der Waals surface area (Å²) in [5.74, 6) is 0.881. The quantitative estimate of drug-likeness (QED) is 0.353. The number of benzene rings is 3. The van der Waals surface area contributed by atoms with Crippen LogP contribution in [-0.4, -0.2) is 53.7 Å². The molecule has 1 aliphatic carbocycles. The molecule has 4 aromatic rings. The van der Waals surface area contributed by atoms with E-state index in [1.807, 2.05) is 30.3 Å². The highest BCUT2D eigenvalue weighted by atomic mass is 16.5. The van der Waals surface area contributed by atoms with E-state index in [0.717, 1.165) is 69.8 Å². The highest BCUT2D eigenvalue weighted by Gasteiger charge is 2.25. The van der Waals surface area contributed by atoms with Gasteiger partial charge in [0, 0.05) is 50.1 Å². The minimum absolute atomic E-state index is 0.0541. The monoisotopic (exact) mass is 538 g/mol. The molecule has 40 heavy (non-hydrogen) atoms. The summed E-state index contributed by atoms with van der Waals surface area (Å²) in [5, 5.41) is 8.20. The molecular formula is C32H38N6O2. The van der Waals surface area contributed by atoms with Crippen molar-refractivity contribution >= 4 is 11.4 Å².